The summed E-state index contributed by atoms with van der Waals surface area (Å²) >= 11 is 1.82. The maximum atomic E-state index is 3.50. The van der Waals surface area contributed by atoms with Gasteiger partial charge in [-0.1, -0.05) is 6.42 Å². The fourth-order valence-corrected chi connectivity index (χ4v) is 4.58. The first-order valence-corrected chi connectivity index (χ1v) is 7.50. The fraction of sp³-hybridized carbons (Fsp3) is 0.714. The van der Waals surface area contributed by atoms with Gasteiger partial charge in [0.15, 0.2) is 0 Å². The average Bonchev–Trinajstić information content (AvgIpc) is 3.01. The maximum Gasteiger partial charge on any atom is 0.0328 e. The largest absolute Gasteiger partial charge is 0.313 e. The molecule has 88 valence electrons. The van der Waals surface area contributed by atoms with Gasteiger partial charge in [-0.3, -0.25) is 0 Å². The molecule has 2 aliphatic carbocycles. The standard InChI is InChI=1S/C14H21NS/c1-15-14(12-4-5-16-9-12)8-13-7-10-2-3-11(13)6-10/h4-5,9-11,13-15H,2-3,6-8H2,1H3. The summed E-state index contributed by atoms with van der Waals surface area (Å²) in [4.78, 5) is 0. The summed E-state index contributed by atoms with van der Waals surface area (Å²) in [5.74, 6) is 3.13. The Labute approximate surface area is 102 Å². The van der Waals surface area contributed by atoms with Crippen molar-refractivity contribution in [1.29, 1.82) is 0 Å². The van der Waals surface area contributed by atoms with Crippen molar-refractivity contribution >= 4 is 11.3 Å². The number of nitrogens with one attached hydrogen (secondary N) is 1. The van der Waals surface area contributed by atoms with Crippen LogP contribution in [0.1, 0.15) is 43.7 Å². The Morgan fingerprint density at radius 3 is 2.94 bits per heavy atom. The molecule has 2 bridgehead atoms. The molecule has 1 aromatic rings. The van der Waals surface area contributed by atoms with Gasteiger partial charge in [0.2, 0.25) is 0 Å². The predicted octanol–water partition coefficient (Wildman–Crippen LogP) is 3.83. The molecule has 16 heavy (non-hydrogen) atoms. The van der Waals surface area contributed by atoms with E-state index in [1.807, 2.05) is 11.3 Å². The molecule has 2 aliphatic rings. The van der Waals surface area contributed by atoms with Crippen LogP contribution in [-0.4, -0.2) is 7.05 Å². The molecule has 1 heterocycles. The van der Waals surface area contributed by atoms with Crippen LogP contribution < -0.4 is 5.32 Å². The van der Waals surface area contributed by atoms with Gasteiger partial charge in [0.05, 0.1) is 0 Å². The van der Waals surface area contributed by atoms with Crippen LogP contribution in [0.3, 0.4) is 0 Å². The first kappa shape index (κ1) is 10.8. The molecule has 2 heteroatoms. The summed E-state index contributed by atoms with van der Waals surface area (Å²) in [5, 5.41) is 7.99. The van der Waals surface area contributed by atoms with Crippen LogP contribution in [0.15, 0.2) is 16.8 Å². The molecule has 1 aromatic heterocycles. The monoisotopic (exact) mass is 235 g/mol. The number of hydrogen-bond acceptors (Lipinski definition) is 2. The Balaban J connectivity index is 1.65. The number of thiophene rings is 1. The lowest BCUT2D eigenvalue weighted by Crippen LogP contribution is -2.22. The topological polar surface area (TPSA) is 12.0 Å². The van der Waals surface area contributed by atoms with Gasteiger partial charge in [-0.15, -0.1) is 0 Å². The number of fused-ring (bicyclic) bond motifs is 2. The van der Waals surface area contributed by atoms with Crippen LogP contribution in [0.4, 0.5) is 0 Å². The lowest BCUT2D eigenvalue weighted by atomic mass is 9.83. The van der Waals surface area contributed by atoms with E-state index in [0.29, 0.717) is 6.04 Å². The zero-order chi connectivity index (χ0) is 11.0. The van der Waals surface area contributed by atoms with Crippen LogP contribution in [0, 0.1) is 17.8 Å². The quantitative estimate of drug-likeness (QED) is 0.836. The third-order valence-electron chi connectivity index (χ3n) is 4.72. The van der Waals surface area contributed by atoms with E-state index in [4.69, 9.17) is 0 Å². The van der Waals surface area contributed by atoms with Gasteiger partial charge in [0, 0.05) is 6.04 Å². The zero-order valence-electron chi connectivity index (χ0n) is 9.99. The van der Waals surface area contributed by atoms with E-state index in [2.05, 4.69) is 29.2 Å². The first-order chi connectivity index (χ1) is 7.86. The minimum atomic E-state index is 0.593. The van der Waals surface area contributed by atoms with Gasteiger partial charge < -0.3 is 5.32 Å². The Hall–Kier alpha value is -0.340. The highest BCUT2D eigenvalue weighted by atomic mass is 32.1. The molecule has 4 unspecified atom stereocenters. The molecule has 1 nitrogen and oxygen atoms in total. The van der Waals surface area contributed by atoms with E-state index in [-0.39, 0.29) is 0 Å². The molecule has 0 radical (unpaired) electrons. The third-order valence-corrected chi connectivity index (χ3v) is 5.42. The van der Waals surface area contributed by atoms with E-state index < -0.39 is 0 Å². The first-order valence-electron chi connectivity index (χ1n) is 6.56. The minimum Gasteiger partial charge on any atom is -0.313 e. The molecule has 1 N–H and O–H groups in total. The van der Waals surface area contributed by atoms with Crippen molar-refractivity contribution in [3.05, 3.63) is 22.4 Å². The summed E-state index contributed by atoms with van der Waals surface area (Å²) < 4.78 is 0. The summed E-state index contributed by atoms with van der Waals surface area (Å²) in [7, 11) is 2.11. The summed E-state index contributed by atoms with van der Waals surface area (Å²) in [5.41, 5.74) is 1.50. The van der Waals surface area contributed by atoms with Crippen LogP contribution in [0.25, 0.3) is 0 Å². The molecular formula is C14H21NS. The highest BCUT2D eigenvalue weighted by Gasteiger charge is 2.40. The predicted molar refractivity (Wildman–Crippen MR) is 69.7 cm³/mol. The molecule has 3 rings (SSSR count). The van der Waals surface area contributed by atoms with Gasteiger partial charge in [-0.2, -0.15) is 11.3 Å². The van der Waals surface area contributed by atoms with Crippen LogP contribution in [-0.2, 0) is 0 Å². The van der Waals surface area contributed by atoms with Crippen molar-refractivity contribution in [1.82, 2.24) is 5.32 Å². The fourth-order valence-electron chi connectivity index (χ4n) is 3.86. The molecule has 0 aromatic carbocycles. The van der Waals surface area contributed by atoms with Crippen molar-refractivity contribution in [2.24, 2.45) is 17.8 Å². The maximum absolute atomic E-state index is 3.50. The molecule has 2 saturated carbocycles. The van der Waals surface area contributed by atoms with Crippen molar-refractivity contribution in [3.8, 4) is 0 Å². The van der Waals surface area contributed by atoms with Crippen LogP contribution >= 0.6 is 11.3 Å². The van der Waals surface area contributed by atoms with Gasteiger partial charge >= 0.3 is 0 Å². The smallest absolute Gasteiger partial charge is 0.0328 e. The Kier molecular flexibility index (Phi) is 3.03. The number of hydrogen-bond donors (Lipinski definition) is 1. The zero-order valence-corrected chi connectivity index (χ0v) is 10.8. The number of rotatable bonds is 4. The van der Waals surface area contributed by atoms with Crippen LogP contribution in [0.5, 0.6) is 0 Å². The van der Waals surface area contributed by atoms with Gasteiger partial charge in [-0.25, -0.2) is 0 Å². The van der Waals surface area contributed by atoms with E-state index >= 15 is 0 Å². The second kappa shape index (κ2) is 4.50. The minimum absolute atomic E-state index is 0.593. The molecule has 0 aliphatic heterocycles. The molecule has 0 amide bonds. The van der Waals surface area contributed by atoms with E-state index in [1.54, 1.807) is 0 Å². The molecule has 4 atom stereocenters. The van der Waals surface area contributed by atoms with Gasteiger partial charge in [0.25, 0.3) is 0 Å². The Bertz CT molecular complexity index is 333. The second-order valence-corrected chi connectivity index (χ2v) is 6.35. The van der Waals surface area contributed by atoms with Crippen molar-refractivity contribution in [2.75, 3.05) is 7.05 Å². The average molecular weight is 235 g/mol. The Morgan fingerprint density at radius 1 is 1.44 bits per heavy atom. The highest BCUT2D eigenvalue weighted by molar-refractivity contribution is 7.07. The summed E-state index contributed by atoms with van der Waals surface area (Å²) in [6.45, 7) is 0. The molecular weight excluding hydrogens is 214 g/mol. The SMILES string of the molecule is CNC(CC1CC2CCC1C2)c1ccsc1. The van der Waals surface area contributed by atoms with Gasteiger partial charge in [0.1, 0.15) is 0 Å². The van der Waals surface area contributed by atoms with E-state index in [1.165, 1.54) is 37.7 Å². The highest BCUT2D eigenvalue weighted by Crippen LogP contribution is 2.50. The van der Waals surface area contributed by atoms with Crippen LogP contribution in [0.2, 0.25) is 0 Å². The second-order valence-electron chi connectivity index (χ2n) is 5.57. The van der Waals surface area contributed by atoms with Crippen molar-refractivity contribution in [2.45, 2.75) is 38.1 Å². The van der Waals surface area contributed by atoms with Crippen molar-refractivity contribution in [3.63, 3.8) is 0 Å². The Morgan fingerprint density at radius 2 is 2.38 bits per heavy atom. The van der Waals surface area contributed by atoms with E-state index in [0.717, 1.165) is 17.8 Å². The summed E-state index contributed by atoms with van der Waals surface area (Å²) in [6.07, 6.45) is 7.42. The molecule has 0 spiro atoms. The third kappa shape index (κ3) is 1.93. The molecule has 0 saturated heterocycles. The van der Waals surface area contributed by atoms with Crippen molar-refractivity contribution < 1.29 is 0 Å². The normalized spacial score (nSPS) is 34.4. The molecule has 2 fully saturated rings. The van der Waals surface area contributed by atoms with Gasteiger partial charge in [-0.05, 0) is 72.9 Å². The lowest BCUT2D eigenvalue weighted by molar-refractivity contribution is 0.284. The lowest BCUT2D eigenvalue weighted by Gasteiger charge is -2.26. The van der Waals surface area contributed by atoms with E-state index in [9.17, 15) is 0 Å². The summed E-state index contributed by atoms with van der Waals surface area (Å²) in [6, 6.07) is 2.87.